The van der Waals surface area contributed by atoms with Crippen LogP contribution in [0.15, 0.2) is 28.5 Å². The van der Waals surface area contributed by atoms with Gasteiger partial charge in [0.15, 0.2) is 5.13 Å². The molecule has 0 atom stereocenters. The van der Waals surface area contributed by atoms with Crippen LogP contribution in [0, 0.1) is 6.92 Å². The summed E-state index contributed by atoms with van der Waals surface area (Å²) in [4.78, 5) is 22.2. The van der Waals surface area contributed by atoms with Crippen LogP contribution in [0.25, 0.3) is 10.9 Å². The zero-order valence-corrected chi connectivity index (χ0v) is 15.2. The van der Waals surface area contributed by atoms with Crippen molar-refractivity contribution in [2.75, 3.05) is 11.6 Å². The van der Waals surface area contributed by atoms with Crippen LogP contribution >= 0.6 is 23.1 Å². The summed E-state index contributed by atoms with van der Waals surface area (Å²) in [6, 6.07) is 7.88. The quantitative estimate of drug-likeness (QED) is 0.705. The lowest BCUT2D eigenvalue weighted by molar-refractivity contribution is 0.102. The van der Waals surface area contributed by atoms with E-state index < -0.39 is 0 Å². The number of anilines is 1. The van der Waals surface area contributed by atoms with Gasteiger partial charge in [0.25, 0.3) is 5.91 Å². The molecule has 122 valence electrons. The van der Waals surface area contributed by atoms with Crippen molar-refractivity contribution in [2.45, 2.75) is 30.4 Å². The lowest BCUT2D eigenvalue weighted by atomic mass is 10.0. The van der Waals surface area contributed by atoms with Crippen LogP contribution in [0.4, 0.5) is 5.13 Å². The van der Waals surface area contributed by atoms with Gasteiger partial charge < -0.3 is 0 Å². The van der Waals surface area contributed by atoms with Gasteiger partial charge in [0.2, 0.25) is 0 Å². The number of nitrogens with zero attached hydrogens (tertiary/aromatic N) is 2. The number of carbonyl (C=O) groups excluding carboxylic acids is 1. The summed E-state index contributed by atoms with van der Waals surface area (Å²) in [6.07, 6.45) is 4.96. The Bertz CT molecular complexity index is 949. The second-order valence-electron chi connectivity index (χ2n) is 5.83. The molecule has 2 aromatic heterocycles. The predicted molar refractivity (Wildman–Crippen MR) is 100 cm³/mol. The van der Waals surface area contributed by atoms with Crippen molar-refractivity contribution in [3.8, 4) is 0 Å². The van der Waals surface area contributed by atoms with Crippen LogP contribution in [-0.2, 0) is 12.8 Å². The van der Waals surface area contributed by atoms with Crippen molar-refractivity contribution in [1.82, 2.24) is 9.97 Å². The van der Waals surface area contributed by atoms with Gasteiger partial charge in [-0.3, -0.25) is 15.1 Å². The highest BCUT2D eigenvalue weighted by Gasteiger charge is 2.24. The maximum absolute atomic E-state index is 13.0. The molecule has 24 heavy (non-hydrogen) atoms. The fraction of sp³-hybridized carbons (Fsp3) is 0.278. The highest BCUT2D eigenvalue weighted by atomic mass is 32.2. The third-order valence-corrected chi connectivity index (χ3v) is 6.59. The first-order valence-electron chi connectivity index (χ1n) is 7.90. The Morgan fingerprint density at radius 2 is 2.08 bits per heavy atom. The number of rotatable bonds is 3. The molecule has 0 radical (unpaired) electrons. The van der Waals surface area contributed by atoms with Crippen LogP contribution in [0.5, 0.6) is 0 Å². The minimum absolute atomic E-state index is 0.0758. The maximum Gasteiger partial charge on any atom is 0.258 e. The van der Waals surface area contributed by atoms with Gasteiger partial charge in [-0.25, -0.2) is 4.98 Å². The molecule has 1 N–H and O–H groups in total. The molecule has 3 aromatic rings. The molecule has 1 aliphatic rings. The standard InChI is InChI=1S/C18H17N3OS2/c1-10-17(23-2)24-18(19-10)21-16(22)15-11-6-3-4-8-13(11)20-14-9-5-7-12(14)15/h3-4,6,8H,5,7,9H2,1-2H3,(H,19,21,22). The molecule has 0 spiro atoms. The molecule has 0 unspecified atom stereocenters. The van der Waals surface area contributed by atoms with E-state index in [1.54, 1.807) is 11.8 Å². The fourth-order valence-electron chi connectivity index (χ4n) is 3.26. The molecule has 0 saturated heterocycles. The Hall–Kier alpha value is -1.92. The van der Waals surface area contributed by atoms with Gasteiger partial charge in [0.05, 0.1) is 21.0 Å². The van der Waals surface area contributed by atoms with E-state index in [4.69, 9.17) is 4.98 Å². The normalized spacial score (nSPS) is 13.2. The molecule has 1 aliphatic carbocycles. The number of pyridine rings is 1. The Kier molecular flexibility index (Phi) is 4.02. The number of para-hydroxylation sites is 1. The predicted octanol–water partition coefficient (Wildman–Crippen LogP) is 4.46. The van der Waals surface area contributed by atoms with E-state index in [1.165, 1.54) is 11.3 Å². The average Bonchev–Trinajstić information content (AvgIpc) is 3.18. The van der Waals surface area contributed by atoms with Gasteiger partial charge >= 0.3 is 0 Å². The summed E-state index contributed by atoms with van der Waals surface area (Å²) < 4.78 is 1.13. The average molecular weight is 355 g/mol. The van der Waals surface area contributed by atoms with Crippen molar-refractivity contribution >= 4 is 45.0 Å². The summed E-state index contributed by atoms with van der Waals surface area (Å²) in [5.74, 6) is -0.0758. The molecular formula is C18H17N3OS2. The van der Waals surface area contributed by atoms with Crippen LogP contribution in [0.1, 0.15) is 33.7 Å². The Morgan fingerprint density at radius 3 is 2.88 bits per heavy atom. The Labute approximate surface area is 148 Å². The van der Waals surface area contributed by atoms with Crippen molar-refractivity contribution < 1.29 is 4.79 Å². The lowest BCUT2D eigenvalue weighted by Crippen LogP contribution is -2.15. The topological polar surface area (TPSA) is 54.9 Å². The summed E-state index contributed by atoms with van der Waals surface area (Å²) in [5, 5.41) is 4.59. The summed E-state index contributed by atoms with van der Waals surface area (Å²) in [5.41, 5.74) is 4.80. The number of thioether (sulfide) groups is 1. The zero-order valence-electron chi connectivity index (χ0n) is 13.5. The molecule has 1 aromatic carbocycles. The maximum atomic E-state index is 13.0. The molecule has 0 bridgehead atoms. The summed E-state index contributed by atoms with van der Waals surface area (Å²) >= 11 is 3.18. The van der Waals surface area contributed by atoms with E-state index >= 15 is 0 Å². The number of aryl methyl sites for hydroxylation is 2. The zero-order chi connectivity index (χ0) is 16.7. The van der Waals surface area contributed by atoms with Crippen molar-refractivity contribution in [3.05, 3.63) is 46.8 Å². The minimum Gasteiger partial charge on any atom is -0.298 e. The number of carbonyl (C=O) groups is 1. The minimum atomic E-state index is -0.0758. The van der Waals surface area contributed by atoms with E-state index in [0.717, 1.165) is 56.9 Å². The van der Waals surface area contributed by atoms with Crippen LogP contribution in [0.2, 0.25) is 0 Å². The number of hydrogen-bond donors (Lipinski definition) is 1. The van der Waals surface area contributed by atoms with E-state index in [-0.39, 0.29) is 5.91 Å². The Balaban J connectivity index is 1.79. The molecular weight excluding hydrogens is 338 g/mol. The monoisotopic (exact) mass is 355 g/mol. The number of hydrogen-bond acceptors (Lipinski definition) is 5. The summed E-state index contributed by atoms with van der Waals surface area (Å²) in [7, 11) is 0. The van der Waals surface area contributed by atoms with E-state index in [0.29, 0.717) is 5.13 Å². The van der Waals surface area contributed by atoms with Crippen molar-refractivity contribution in [3.63, 3.8) is 0 Å². The number of aromatic nitrogens is 2. The van der Waals surface area contributed by atoms with Gasteiger partial charge in [0, 0.05) is 11.1 Å². The fourth-order valence-corrected chi connectivity index (χ4v) is 4.86. The highest BCUT2D eigenvalue weighted by molar-refractivity contribution is 8.00. The van der Waals surface area contributed by atoms with Crippen molar-refractivity contribution in [1.29, 1.82) is 0 Å². The van der Waals surface area contributed by atoms with E-state index in [1.807, 2.05) is 37.4 Å². The first-order valence-corrected chi connectivity index (χ1v) is 9.94. The first-order chi connectivity index (χ1) is 11.7. The molecule has 0 fully saturated rings. The van der Waals surface area contributed by atoms with Gasteiger partial charge in [0.1, 0.15) is 0 Å². The number of nitrogens with one attached hydrogen (secondary N) is 1. The largest absolute Gasteiger partial charge is 0.298 e. The number of thiazole rings is 1. The smallest absolute Gasteiger partial charge is 0.258 e. The van der Waals surface area contributed by atoms with Gasteiger partial charge in [-0.2, -0.15) is 0 Å². The van der Waals surface area contributed by atoms with Gasteiger partial charge in [-0.1, -0.05) is 29.5 Å². The van der Waals surface area contributed by atoms with E-state index in [9.17, 15) is 4.79 Å². The molecule has 4 rings (SSSR count). The van der Waals surface area contributed by atoms with Gasteiger partial charge in [-0.05, 0) is 44.1 Å². The molecule has 1 amide bonds. The van der Waals surface area contributed by atoms with Crippen LogP contribution in [-0.4, -0.2) is 22.1 Å². The van der Waals surface area contributed by atoms with Crippen LogP contribution < -0.4 is 5.32 Å². The molecule has 6 heteroatoms. The van der Waals surface area contributed by atoms with Crippen molar-refractivity contribution in [2.24, 2.45) is 0 Å². The SMILES string of the molecule is CSc1sc(NC(=O)c2c3c(nc4ccccc24)CCC3)nc1C. The molecule has 0 aliphatic heterocycles. The van der Waals surface area contributed by atoms with Crippen LogP contribution in [0.3, 0.4) is 0 Å². The highest BCUT2D eigenvalue weighted by Crippen LogP contribution is 2.33. The summed E-state index contributed by atoms with van der Waals surface area (Å²) in [6.45, 7) is 1.97. The van der Waals surface area contributed by atoms with E-state index in [2.05, 4.69) is 10.3 Å². The Morgan fingerprint density at radius 1 is 1.25 bits per heavy atom. The number of amides is 1. The molecule has 0 saturated carbocycles. The lowest BCUT2D eigenvalue weighted by Gasteiger charge is -2.11. The number of fused-ring (bicyclic) bond motifs is 2. The number of benzene rings is 1. The second-order valence-corrected chi connectivity index (χ2v) is 7.91. The third-order valence-electron chi connectivity index (χ3n) is 4.31. The second kappa shape index (κ2) is 6.18. The first kappa shape index (κ1) is 15.6. The third kappa shape index (κ3) is 2.59. The van der Waals surface area contributed by atoms with Gasteiger partial charge in [-0.15, -0.1) is 11.8 Å². The molecule has 4 nitrogen and oxygen atoms in total. The molecule has 2 heterocycles.